The van der Waals surface area contributed by atoms with Gasteiger partial charge in [-0.1, -0.05) is 29.8 Å². The van der Waals surface area contributed by atoms with E-state index in [2.05, 4.69) is 0 Å². The van der Waals surface area contributed by atoms with Gasteiger partial charge in [-0.2, -0.15) is 0 Å². The highest BCUT2D eigenvalue weighted by Gasteiger charge is 2.18. The molecule has 0 aliphatic carbocycles. The highest BCUT2D eigenvalue weighted by Crippen LogP contribution is 2.32. The molecule has 0 aromatic heterocycles. The topological polar surface area (TPSA) is 35.5 Å². The Hall–Kier alpha value is -1.65. The molecular formula is C16H15ClO3S. The first-order valence-corrected chi connectivity index (χ1v) is 7.65. The smallest absolute Gasteiger partial charge is 0.180 e. The van der Waals surface area contributed by atoms with Crippen molar-refractivity contribution in [1.29, 1.82) is 0 Å². The molecule has 0 spiro atoms. The number of carbonyl (C=O) groups excluding carboxylic acids is 1. The van der Waals surface area contributed by atoms with Crippen molar-refractivity contribution in [3.05, 3.63) is 53.1 Å². The van der Waals surface area contributed by atoms with Crippen LogP contribution in [0.15, 0.2) is 47.4 Å². The van der Waals surface area contributed by atoms with Gasteiger partial charge in [-0.05, 0) is 24.3 Å². The number of halogens is 1. The molecule has 0 atom stereocenters. The van der Waals surface area contributed by atoms with Crippen LogP contribution in [-0.4, -0.2) is 25.8 Å². The van der Waals surface area contributed by atoms with Gasteiger partial charge in [0.05, 0.1) is 25.0 Å². The van der Waals surface area contributed by atoms with Gasteiger partial charge in [0.25, 0.3) is 0 Å². The molecule has 2 aromatic rings. The molecule has 0 unspecified atom stereocenters. The Morgan fingerprint density at radius 3 is 2.24 bits per heavy atom. The standard InChI is InChI=1S/C16H15ClO3S/c1-19-13-7-5-8-14(20-2)16(13)12(18)10-21-15-9-4-3-6-11(15)17/h3-9H,10H2,1-2H3. The van der Waals surface area contributed by atoms with Gasteiger partial charge in [0.2, 0.25) is 0 Å². The monoisotopic (exact) mass is 322 g/mol. The average molecular weight is 323 g/mol. The van der Waals surface area contributed by atoms with E-state index in [9.17, 15) is 4.79 Å². The van der Waals surface area contributed by atoms with Crippen LogP contribution >= 0.6 is 23.4 Å². The van der Waals surface area contributed by atoms with E-state index in [-0.39, 0.29) is 11.5 Å². The zero-order valence-electron chi connectivity index (χ0n) is 11.8. The van der Waals surface area contributed by atoms with E-state index in [1.807, 2.05) is 18.2 Å². The molecule has 0 radical (unpaired) electrons. The summed E-state index contributed by atoms with van der Waals surface area (Å²) in [5.74, 6) is 1.23. The van der Waals surface area contributed by atoms with Gasteiger partial charge in [-0.15, -0.1) is 11.8 Å². The lowest BCUT2D eigenvalue weighted by atomic mass is 10.1. The van der Waals surface area contributed by atoms with Crippen LogP contribution in [0.2, 0.25) is 5.02 Å². The molecule has 5 heteroatoms. The Labute approximate surface area is 133 Å². The van der Waals surface area contributed by atoms with Gasteiger partial charge in [0, 0.05) is 4.90 Å². The number of hydrogen-bond donors (Lipinski definition) is 0. The maximum atomic E-state index is 12.5. The van der Waals surface area contributed by atoms with E-state index in [4.69, 9.17) is 21.1 Å². The van der Waals surface area contributed by atoms with Crippen LogP contribution in [0, 0.1) is 0 Å². The average Bonchev–Trinajstić information content (AvgIpc) is 2.52. The molecule has 2 aromatic carbocycles. The van der Waals surface area contributed by atoms with Crippen molar-refractivity contribution < 1.29 is 14.3 Å². The zero-order chi connectivity index (χ0) is 15.2. The summed E-state index contributed by atoms with van der Waals surface area (Å²) in [5, 5.41) is 0.641. The Kier molecular flexibility index (Phi) is 5.53. The molecule has 0 amide bonds. The van der Waals surface area contributed by atoms with E-state index in [1.165, 1.54) is 26.0 Å². The lowest BCUT2D eigenvalue weighted by Crippen LogP contribution is -2.07. The van der Waals surface area contributed by atoms with E-state index in [0.717, 1.165) is 4.90 Å². The molecule has 110 valence electrons. The number of carbonyl (C=O) groups is 1. The van der Waals surface area contributed by atoms with Gasteiger partial charge in [-0.25, -0.2) is 0 Å². The molecule has 0 N–H and O–H groups in total. The molecule has 0 heterocycles. The largest absolute Gasteiger partial charge is 0.496 e. The first-order valence-electron chi connectivity index (χ1n) is 6.29. The highest BCUT2D eigenvalue weighted by atomic mass is 35.5. The Balaban J connectivity index is 2.19. The number of ketones is 1. The Morgan fingerprint density at radius 1 is 1.05 bits per heavy atom. The summed E-state index contributed by atoms with van der Waals surface area (Å²) < 4.78 is 10.5. The lowest BCUT2D eigenvalue weighted by molar-refractivity contribution is 0.101. The number of hydrogen-bond acceptors (Lipinski definition) is 4. The molecule has 0 aliphatic rings. The van der Waals surface area contributed by atoms with Crippen molar-refractivity contribution in [2.24, 2.45) is 0 Å². The predicted octanol–water partition coefficient (Wildman–Crippen LogP) is 4.33. The van der Waals surface area contributed by atoms with Crippen molar-refractivity contribution >= 4 is 29.1 Å². The van der Waals surface area contributed by atoms with Gasteiger partial charge in [-0.3, -0.25) is 4.79 Å². The van der Waals surface area contributed by atoms with Gasteiger partial charge < -0.3 is 9.47 Å². The molecule has 0 fully saturated rings. The lowest BCUT2D eigenvalue weighted by Gasteiger charge is -2.12. The van der Waals surface area contributed by atoms with Crippen molar-refractivity contribution in [3.8, 4) is 11.5 Å². The van der Waals surface area contributed by atoms with Crippen LogP contribution in [0.4, 0.5) is 0 Å². The van der Waals surface area contributed by atoms with E-state index >= 15 is 0 Å². The van der Waals surface area contributed by atoms with E-state index in [1.54, 1.807) is 24.3 Å². The van der Waals surface area contributed by atoms with Crippen LogP contribution in [0.5, 0.6) is 11.5 Å². The molecular weight excluding hydrogens is 308 g/mol. The van der Waals surface area contributed by atoms with Crippen molar-refractivity contribution in [1.82, 2.24) is 0 Å². The van der Waals surface area contributed by atoms with Gasteiger partial charge in [0.15, 0.2) is 5.78 Å². The maximum Gasteiger partial charge on any atom is 0.180 e. The fourth-order valence-electron chi connectivity index (χ4n) is 1.90. The van der Waals surface area contributed by atoms with E-state index < -0.39 is 0 Å². The number of methoxy groups -OCH3 is 2. The first-order chi connectivity index (χ1) is 10.2. The second-order valence-electron chi connectivity index (χ2n) is 4.18. The van der Waals surface area contributed by atoms with Gasteiger partial charge in [0.1, 0.15) is 17.1 Å². The van der Waals surface area contributed by atoms with Gasteiger partial charge >= 0.3 is 0 Å². The van der Waals surface area contributed by atoms with E-state index in [0.29, 0.717) is 22.1 Å². The SMILES string of the molecule is COc1cccc(OC)c1C(=O)CSc1ccccc1Cl. The third-order valence-electron chi connectivity index (χ3n) is 2.90. The van der Waals surface area contributed by atoms with Crippen LogP contribution in [-0.2, 0) is 0 Å². The number of thioether (sulfide) groups is 1. The quantitative estimate of drug-likeness (QED) is 0.585. The normalized spacial score (nSPS) is 10.2. The first kappa shape index (κ1) is 15.7. The summed E-state index contributed by atoms with van der Waals surface area (Å²) in [7, 11) is 3.07. The summed E-state index contributed by atoms with van der Waals surface area (Å²) in [5.41, 5.74) is 0.460. The zero-order valence-corrected chi connectivity index (χ0v) is 13.3. The number of Topliss-reactive ketones (excluding diaryl/α,β-unsaturated/α-hetero) is 1. The predicted molar refractivity (Wildman–Crippen MR) is 86.1 cm³/mol. The maximum absolute atomic E-state index is 12.5. The summed E-state index contributed by atoms with van der Waals surface area (Å²) in [6.45, 7) is 0. The number of rotatable bonds is 6. The molecule has 2 rings (SSSR count). The van der Waals surface area contributed by atoms with Crippen molar-refractivity contribution in [2.75, 3.05) is 20.0 Å². The fourth-order valence-corrected chi connectivity index (χ4v) is 3.01. The summed E-state index contributed by atoms with van der Waals surface area (Å²) in [6, 6.07) is 12.7. The van der Waals surface area contributed by atoms with Crippen molar-refractivity contribution in [2.45, 2.75) is 4.90 Å². The van der Waals surface area contributed by atoms with Crippen LogP contribution in [0.25, 0.3) is 0 Å². The molecule has 0 saturated heterocycles. The second-order valence-corrected chi connectivity index (χ2v) is 5.60. The van der Waals surface area contributed by atoms with Crippen molar-refractivity contribution in [3.63, 3.8) is 0 Å². The second kappa shape index (κ2) is 7.38. The molecule has 21 heavy (non-hydrogen) atoms. The molecule has 3 nitrogen and oxygen atoms in total. The van der Waals surface area contributed by atoms with Crippen LogP contribution in [0.1, 0.15) is 10.4 Å². The molecule has 0 bridgehead atoms. The Morgan fingerprint density at radius 2 is 1.67 bits per heavy atom. The number of benzene rings is 2. The third kappa shape index (κ3) is 3.71. The number of ether oxygens (including phenoxy) is 2. The fraction of sp³-hybridized carbons (Fsp3) is 0.188. The van der Waals surface area contributed by atoms with Crippen LogP contribution in [0.3, 0.4) is 0 Å². The minimum Gasteiger partial charge on any atom is -0.496 e. The minimum atomic E-state index is -0.0609. The van der Waals surface area contributed by atoms with Crippen LogP contribution < -0.4 is 9.47 Å². The Bertz CT molecular complexity index is 621. The molecule has 0 aliphatic heterocycles. The summed E-state index contributed by atoms with van der Waals surface area (Å²) in [4.78, 5) is 13.3. The summed E-state index contributed by atoms with van der Waals surface area (Å²) >= 11 is 7.49. The summed E-state index contributed by atoms with van der Waals surface area (Å²) in [6.07, 6.45) is 0. The highest BCUT2D eigenvalue weighted by molar-refractivity contribution is 8.00. The molecule has 0 saturated carbocycles. The third-order valence-corrected chi connectivity index (χ3v) is 4.42. The minimum absolute atomic E-state index is 0.0609.